The van der Waals surface area contributed by atoms with Crippen molar-refractivity contribution in [1.29, 1.82) is 0 Å². The van der Waals surface area contributed by atoms with Crippen LogP contribution in [0, 0.1) is 13.8 Å². The number of fused-ring (bicyclic) bond motifs is 3. The third kappa shape index (κ3) is 1.84. The molecule has 0 radical (unpaired) electrons. The molecule has 1 aromatic carbocycles. The summed E-state index contributed by atoms with van der Waals surface area (Å²) in [7, 11) is -3.12. The summed E-state index contributed by atoms with van der Waals surface area (Å²) in [6.45, 7) is 3.81. The van der Waals surface area contributed by atoms with Crippen LogP contribution in [0.5, 0.6) is 0 Å². The van der Waals surface area contributed by atoms with Crippen LogP contribution >= 0.6 is 0 Å². The number of H-pyrrole nitrogens is 1. The summed E-state index contributed by atoms with van der Waals surface area (Å²) in [4.78, 5) is 7.49. The SMILES string of the molecule is Cc1ccc2c(c1)CS(=O)(=O)Cc1[nH]c(C)nc1-2. The van der Waals surface area contributed by atoms with E-state index in [0.717, 1.165) is 28.2 Å². The van der Waals surface area contributed by atoms with Gasteiger partial charge < -0.3 is 4.98 Å². The fourth-order valence-electron chi connectivity index (χ4n) is 2.45. The van der Waals surface area contributed by atoms with Gasteiger partial charge in [0.15, 0.2) is 9.84 Å². The van der Waals surface area contributed by atoms with E-state index in [9.17, 15) is 8.42 Å². The second-order valence-corrected chi connectivity index (χ2v) is 6.91. The van der Waals surface area contributed by atoms with Gasteiger partial charge >= 0.3 is 0 Å². The van der Waals surface area contributed by atoms with E-state index in [0.29, 0.717) is 5.69 Å². The Kier molecular flexibility index (Phi) is 2.35. The average molecular weight is 262 g/mol. The van der Waals surface area contributed by atoms with E-state index < -0.39 is 9.84 Å². The lowest BCUT2D eigenvalue weighted by Crippen LogP contribution is -2.06. The largest absolute Gasteiger partial charge is 0.345 e. The van der Waals surface area contributed by atoms with Crippen molar-refractivity contribution in [2.75, 3.05) is 0 Å². The highest BCUT2D eigenvalue weighted by atomic mass is 32.2. The normalized spacial score (nSPS) is 16.8. The molecule has 3 rings (SSSR count). The molecule has 1 aliphatic heterocycles. The first-order valence-electron chi connectivity index (χ1n) is 5.80. The summed E-state index contributed by atoms with van der Waals surface area (Å²) in [6, 6.07) is 5.89. The zero-order valence-corrected chi connectivity index (χ0v) is 11.1. The number of nitrogens with zero attached hydrogens (tertiary/aromatic N) is 1. The molecule has 0 atom stereocenters. The number of aryl methyl sites for hydroxylation is 2. The van der Waals surface area contributed by atoms with Crippen molar-refractivity contribution in [2.45, 2.75) is 25.4 Å². The quantitative estimate of drug-likeness (QED) is 0.791. The fourth-order valence-corrected chi connectivity index (χ4v) is 3.91. The van der Waals surface area contributed by atoms with Crippen LogP contribution < -0.4 is 0 Å². The minimum Gasteiger partial charge on any atom is -0.345 e. The van der Waals surface area contributed by atoms with Crippen LogP contribution in [0.15, 0.2) is 18.2 Å². The second kappa shape index (κ2) is 3.68. The van der Waals surface area contributed by atoms with Crippen LogP contribution in [0.2, 0.25) is 0 Å². The Morgan fingerprint density at radius 1 is 1.22 bits per heavy atom. The van der Waals surface area contributed by atoms with Crippen LogP contribution in [0.3, 0.4) is 0 Å². The molecule has 2 heterocycles. The molecule has 0 saturated heterocycles. The highest BCUT2D eigenvalue weighted by Gasteiger charge is 2.26. The lowest BCUT2D eigenvalue weighted by molar-refractivity contribution is 0.594. The van der Waals surface area contributed by atoms with E-state index >= 15 is 0 Å². The van der Waals surface area contributed by atoms with Crippen molar-refractivity contribution in [3.63, 3.8) is 0 Å². The lowest BCUT2D eigenvalue weighted by Gasteiger charge is -2.05. The number of rotatable bonds is 0. The predicted molar refractivity (Wildman–Crippen MR) is 69.8 cm³/mol. The van der Waals surface area contributed by atoms with Gasteiger partial charge in [0.1, 0.15) is 5.82 Å². The highest BCUT2D eigenvalue weighted by molar-refractivity contribution is 7.89. The van der Waals surface area contributed by atoms with Crippen LogP contribution in [0.1, 0.15) is 22.6 Å². The van der Waals surface area contributed by atoms with E-state index in [4.69, 9.17) is 0 Å². The second-order valence-electron chi connectivity index (χ2n) is 4.84. The number of aromatic nitrogens is 2. The third-order valence-corrected chi connectivity index (χ3v) is 4.63. The molecule has 0 spiro atoms. The number of sulfone groups is 1. The smallest absolute Gasteiger partial charge is 0.160 e. The van der Waals surface area contributed by atoms with Crippen molar-refractivity contribution in [3.05, 3.63) is 40.8 Å². The predicted octanol–water partition coefficient (Wildman–Crippen LogP) is 2.12. The lowest BCUT2D eigenvalue weighted by atomic mass is 10.0. The van der Waals surface area contributed by atoms with Crippen molar-refractivity contribution in [3.8, 4) is 11.3 Å². The summed E-state index contributed by atoms with van der Waals surface area (Å²) in [6.07, 6.45) is 0. The Morgan fingerprint density at radius 3 is 2.78 bits per heavy atom. The molecule has 0 saturated carbocycles. The maximum atomic E-state index is 12.1. The molecular formula is C13H14N2O2S. The fraction of sp³-hybridized carbons (Fsp3) is 0.308. The van der Waals surface area contributed by atoms with Gasteiger partial charge in [-0.3, -0.25) is 0 Å². The minimum absolute atomic E-state index is 0.0386. The van der Waals surface area contributed by atoms with E-state index in [1.807, 2.05) is 32.0 Å². The molecule has 4 nitrogen and oxygen atoms in total. The van der Waals surface area contributed by atoms with E-state index in [1.54, 1.807) is 0 Å². The Morgan fingerprint density at radius 2 is 2.00 bits per heavy atom. The molecule has 0 aliphatic carbocycles. The van der Waals surface area contributed by atoms with Gasteiger partial charge in [0.05, 0.1) is 22.9 Å². The molecule has 1 aromatic heterocycles. The van der Waals surface area contributed by atoms with Gasteiger partial charge in [-0.25, -0.2) is 13.4 Å². The molecule has 0 amide bonds. The van der Waals surface area contributed by atoms with Crippen LogP contribution in [-0.4, -0.2) is 18.4 Å². The Balaban J connectivity index is 2.34. The van der Waals surface area contributed by atoms with Gasteiger partial charge in [0.25, 0.3) is 0 Å². The maximum absolute atomic E-state index is 12.1. The van der Waals surface area contributed by atoms with Gasteiger partial charge in [0, 0.05) is 5.56 Å². The third-order valence-electron chi connectivity index (χ3n) is 3.15. The molecule has 0 unspecified atom stereocenters. The van der Waals surface area contributed by atoms with E-state index in [-0.39, 0.29) is 11.5 Å². The molecule has 18 heavy (non-hydrogen) atoms. The summed E-state index contributed by atoms with van der Waals surface area (Å²) < 4.78 is 24.1. The number of hydrogen-bond donors (Lipinski definition) is 1. The molecule has 0 bridgehead atoms. The maximum Gasteiger partial charge on any atom is 0.160 e. The number of aromatic amines is 1. The van der Waals surface area contributed by atoms with Gasteiger partial charge in [0.2, 0.25) is 0 Å². The summed E-state index contributed by atoms with van der Waals surface area (Å²) in [5, 5.41) is 0. The van der Waals surface area contributed by atoms with E-state index in [2.05, 4.69) is 9.97 Å². The van der Waals surface area contributed by atoms with Crippen LogP contribution in [-0.2, 0) is 21.3 Å². The minimum atomic E-state index is -3.12. The first kappa shape index (κ1) is 11.5. The first-order chi connectivity index (χ1) is 8.44. The zero-order valence-electron chi connectivity index (χ0n) is 10.3. The number of benzene rings is 1. The summed E-state index contributed by atoms with van der Waals surface area (Å²) >= 11 is 0. The van der Waals surface area contributed by atoms with Gasteiger partial charge in [-0.15, -0.1) is 0 Å². The molecule has 94 valence electrons. The Labute approximate surface area is 106 Å². The van der Waals surface area contributed by atoms with Gasteiger partial charge in [-0.2, -0.15) is 0 Å². The average Bonchev–Trinajstić information content (AvgIpc) is 2.53. The Hall–Kier alpha value is -1.62. The molecule has 0 fully saturated rings. The number of imidazole rings is 1. The molecule has 1 N–H and O–H groups in total. The molecule has 5 heteroatoms. The summed E-state index contributed by atoms with van der Waals surface area (Å²) in [5.74, 6) is 0.882. The standard InChI is InChI=1S/C13H14N2O2S/c1-8-3-4-11-10(5-8)6-18(16,17)7-12-13(11)15-9(2)14-12/h3-5H,6-7H2,1-2H3,(H,14,15). The molecule has 1 aliphatic rings. The van der Waals surface area contributed by atoms with Crippen molar-refractivity contribution in [1.82, 2.24) is 9.97 Å². The molecular weight excluding hydrogens is 248 g/mol. The monoisotopic (exact) mass is 262 g/mol. The number of hydrogen-bond acceptors (Lipinski definition) is 3. The van der Waals surface area contributed by atoms with Crippen molar-refractivity contribution in [2.24, 2.45) is 0 Å². The highest BCUT2D eigenvalue weighted by Crippen LogP contribution is 2.32. The Bertz CT molecular complexity index is 729. The number of nitrogens with one attached hydrogen (secondary N) is 1. The summed E-state index contributed by atoms with van der Waals surface area (Å²) in [5.41, 5.74) is 4.33. The van der Waals surface area contributed by atoms with Crippen LogP contribution in [0.4, 0.5) is 0 Å². The van der Waals surface area contributed by atoms with Crippen molar-refractivity contribution < 1.29 is 8.42 Å². The van der Waals surface area contributed by atoms with Crippen molar-refractivity contribution >= 4 is 9.84 Å². The molecule has 2 aromatic rings. The van der Waals surface area contributed by atoms with Gasteiger partial charge in [-0.05, 0) is 19.4 Å². The first-order valence-corrected chi connectivity index (χ1v) is 7.62. The van der Waals surface area contributed by atoms with E-state index in [1.165, 1.54) is 0 Å². The van der Waals surface area contributed by atoms with Gasteiger partial charge in [-0.1, -0.05) is 23.8 Å². The topological polar surface area (TPSA) is 62.8 Å². The van der Waals surface area contributed by atoms with Crippen LogP contribution in [0.25, 0.3) is 11.3 Å². The zero-order chi connectivity index (χ0) is 12.9.